The molecule has 0 aromatic heterocycles. The Bertz CT molecular complexity index is 491. The lowest BCUT2D eigenvalue weighted by Crippen LogP contribution is -2.13. The van der Waals surface area contributed by atoms with E-state index in [1.807, 2.05) is 12.1 Å². The summed E-state index contributed by atoms with van der Waals surface area (Å²) in [7, 11) is 0. The van der Waals surface area contributed by atoms with Gasteiger partial charge in [0.05, 0.1) is 11.6 Å². The standard InChI is InChI=1S/C18H21F2N/c19-18(20)4-2-1-3-14-5-9-16(10-6-14)17-11-7-15(13-21)8-12-17/h2,4,7-8,11-12,14,16,18H,1,3,5-6,9-10H2. The van der Waals surface area contributed by atoms with Gasteiger partial charge in [0.1, 0.15) is 0 Å². The van der Waals surface area contributed by atoms with Gasteiger partial charge in [-0.2, -0.15) is 5.26 Å². The molecule has 21 heavy (non-hydrogen) atoms. The molecule has 1 saturated carbocycles. The molecule has 0 saturated heterocycles. The zero-order valence-electron chi connectivity index (χ0n) is 12.1. The predicted molar refractivity (Wildman–Crippen MR) is 80.2 cm³/mol. The lowest BCUT2D eigenvalue weighted by Gasteiger charge is -2.28. The maximum atomic E-state index is 12.0. The van der Waals surface area contributed by atoms with Gasteiger partial charge in [-0.05, 0) is 74.1 Å². The Morgan fingerprint density at radius 2 is 1.81 bits per heavy atom. The van der Waals surface area contributed by atoms with Crippen LogP contribution in [0, 0.1) is 17.2 Å². The van der Waals surface area contributed by atoms with Crippen molar-refractivity contribution in [2.24, 2.45) is 5.92 Å². The highest BCUT2D eigenvalue weighted by Gasteiger charge is 2.21. The zero-order chi connectivity index (χ0) is 15.1. The van der Waals surface area contributed by atoms with Crippen LogP contribution in [-0.2, 0) is 0 Å². The summed E-state index contributed by atoms with van der Waals surface area (Å²) in [5, 5.41) is 8.81. The Kier molecular flexibility index (Phi) is 5.92. The van der Waals surface area contributed by atoms with E-state index in [1.54, 1.807) is 6.08 Å². The summed E-state index contributed by atoms with van der Waals surface area (Å²) in [6.45, 7) is 0. The van der Waals surface area contributed by atoms with Crippen molar-refractivity contribution in [2.75, 3.05) is 0 Å². The number of allylic oxidation sites excluding steroid dienone is 2. The van der Waals surface area contributed by atoms with Gasteiger partial charge < -0.3 is 0 Å². The van der Waals surface area contributed by atoms with Crippen LogP contribution in [-0.4, -0.2) is 6.43 Å². The van der Waals surface area contributed by atoms with E-state index >= 15 is 0 Å². The van der Waals surface area contributed by atoms with Gasteiger partial charge in [0.2, 0.25) is 0 Å². The first-order chi connectivity index (χ1) is 10.2. The lowest BCUT2D eigenvalue weighted by atomic mass is 9.77. The molecule has 0 atom stereocenters. The van der Waals surface area contributed by atoms with Crippen LogP contribution in [0.2, 0.25) is 0 Å². The predicted octanol–water partition coefficient (Wildman–Crippen LogP) is 5.43. The summed E-state index contributed by atoms with van der Waals surface area (Å²) < 4.78 is 24.0. The van der Waals surface area contributed by atoms with Crippen molar-refractivity contribution >= 4 is 0 Å². The number of alkyl halides is 2. The molecule has 0 aliphatic heterocycles. The minimum Gasteiger partial charge on any atom is -0.206 e. The first-order valence-electron chi connectivity index (χ1n) is 7.64. The third-order valence-electron chi connectivity index (χ3n) is 4.38. The van der Waals surface area contributed by atoms with Crippen LogP contribution in [0.15, 0.2) is 36.4 Å². The van der Waals surface area contributed by atoms with Crippen LogP contribution in [0.1, 0.15) is 55.6 Å². The molecule has 1 fully saturated rings. The second-order valence-electron chi connectivity index (χ2n) is 5.79. The highest BCUT2D eigenvalue weighted by atomic mass is 19.3. The highest BCUT2D eigenvalue weighted by Crippen LogP contribution is 2.37. The van der Waals surface area contributed by atoms with E-state index in [0.717, 1.165) is 31.8 Å². The Morgan fingerprint density at radius 1 is 1.14 bits per heavy atom. The third kappa shape index (κ3) is 4.97. The monoisotopic (exact) mass is 289 g/mol. The van der Waals surface area contributed by atoms with Gasteiger partial charge in [0, 0.05) is 0 Å². The molecule has 1 aliphatic carbocycles. The Balaban J connectivity index is 1.76. The molecular formula is C18H21F2N. The second-order valence-corrected chi connectivity index (χ2v) is 5.79. The molecule has 1 aromatic carbocycles. The van der Waals surface area contributed by atoms with Crippen LogP contribution < -0.4 is 0 Å². The van der Waals surface area contributed by atoms with E-state index in [1.165, 1.54) is 18.4 Å². The number of hydrogen-bond donors (Lipinski definition) is 0. The maximum absolute atomic E-state index is 12.0. The van der Waals surface area contributed by atoms with Crippen LogP contribution in [0.5, 0.6) is 0 Å². The summed E-state index contributed by atoms with van der Waals surface area (Å²) in [5.74, 6) is 1.26. The van der Waals surface area contributed by atoms with Crippen molar-refractivity contribution in [1.29, 1.82) is 5.26 Å². The lowest BCUT2D eigenvalue weighted by molar-refractivity contribution is 0.203. The first-order valence-corrected chi connectivity index (χ1v) is 7.64. The molecule has 0 unspecified atom stereocenters. The van der Waals surface area contributed by atoms with Crippen molar-refractivity contribution in [3.8, 4) is 6.07 Å². The third-order valence-corrected chi connectivity index (χ3v) is 4.38. The van der Waals surface area contributed by atoms with Crippen molar-refractivity contribution in [3.05, 3.63) is 47.5 Å². The summed E-state index contributed by atoms with van der Waals surface area (Å²) in [4.78, 5) is 0. The molecule has 0 amide bonds. The molecular weight excluding hydrogens is 268 g/mol. The molecule has 0 radical (unpaired) electrons. The van der Waals surface area contributed by atoms with Gasteiger partial charge >= 0.3 is 0 Å². The number of halogens is 2. The van der Waals surface area contributed by atoms with E-state index in [2.05, 4.69) is 18.2 Å². The van der Waals surface area contributed by atoms with Crippen molar-refractivity contribution < 1.29 is 8.78 Å². The van der Waals surface area contributed by atoms with Gasteiger partial charge in [0.15, 0.2) is 0 Å². The van der Waals surface area contributed by atoms with Gasteiger partial charge in [-0.1, -0.05) is 18.2 Å². The second kappa shape index (κ2) is 7.93. The quantitative estimate of drug-likeness (QED) is 0.663. The fourth-order valence-corrected chi connectivity index (χ4v) is 3.15. The smallest absolute Gasteiger partial charge is 0.206 e. The number of nitriles is 1. The molecule has 0 bridgehead atoms. The number of rotatable bonds is 5. The topological polar surface area (TPSA) is 23.8 Å². The van der Waals surface area contributed by atoms with E-state index in [-0.39, 0.29) is 0 Å². The molecule has 0 heterocycles. The van der Waals surface area contributed by atoms with Gasteiger partial charge in [-0.15, -0.1) is 0 Å². The first kappa shape index (κ1) is 15.7. The SMILES string of the molecule is N#Cc1ccc(C2CCC(CCC=CC(F)F)CC2)cc1. The van der Waals surface area contributed by atoms with E-state index in [0.29, 0.717) is 17.4 Å². The molecule has 112 valence electrons. The molecule has 3 heteroatoms. The van der Waals surface area contributed by atoms with Crippen LogP contribution >= 0.6 is 0 Å². The van der Waals surface area contributed by atoms with Crippen molar-refractivity contribution in [3.63, 3.8) is 0 Å². The maximum Gasteiger partial charge on any atom is 0.257 e. The summed E-state index contributed by atoms with van der Waals surface area (Å²) in [6, 6.07) is 10.0. The van der Waals surface area contributed by atoms with E-state index in [9.17, 15) is 8.78 Å². The minimum atomic E-state index is -2.32. The summed E-state index contributed by atoms with van der Waals surface area (Å²) >= 11 is 0. The van der Waals surface area contributed by atoms with Gasteiger partial charge in [0.25, 0.3) is 6.43 Å². The van der Waals surface area contributed by atoms with Gasteiger partial charge in [-0.25, -0.2) is 8.78 Å². The zero-order valence-corrected chi connectivity index (χ0v) is 12.1. The number of benzene rings is 1. The van der Waals surface area contributed by atoms with Crippen LogP contribution in [0.25, 0.3) is 0 Å². The molecule has 1 aromatic rings. The number of hydrogen-bond acceptors (Lipinski definition) is 1. The fourth-order valence-electron chi connectivity index (χ4n) is 3.15. The number of nitrogens with zero attached hydrogens (tertiary/aromatic N) is 1. The largest absolute Gasteiger partial charge is 0.257 e. The minimum absolute atomic E-state index is 0.589. The average molecular weight is 289 g/mol. The molecule has 1 nitrogen and oxygen atoms in total. The fraction of sp³-hybridized carbons (Fsp3) is 0.500. The molecule has 2 rings (SSSR count). The summed E-state index contributed by atoms with van der Waals surface area (Å²) in [6.07, 6.45) is 6.72. The highest BCUT2D eigenvalue weighted by molar-refractivity contribution is 5.33. The van der Waals surface area contributed by atoms with Crippen LogP contribution in [0.4, 0.5) is 8.78 Å². The molecule has 1 aliphatic rings. The average Bonchev–Trinajstić information content (AvgIpc) is 2.52. The van der Waals surface area contributed by atoms with Crippen LogP contribution in [0.3, 0.4) is 0 Å². The molecule has 0 N–H and O–H groups in total. The van der Waals surface area contributed by atoms with Crippen molar-refractivity contribution in [1.82, 2.24) is 0 Å². The Labute approximate surface area is 125 Å². The van der Waals surface area contributed by atoms with E-state index < -0.39 is 6.43 Å². The normalized spacial score (nSPS) is 22.6. The molecule has 0 spiro atoms. The van der Waals surface area contributed by atoms with Crippen molar-refractivity contribution in [2.45, 2.75) is 50.9 Å². The Hall–Kier alpha value is -1.69. The summed E-state index contributed by atoms with van der Waals surface area (Å²) in [5.41, 5.74) is 2.03. The van der Waals surface area contributed by atoms with Gasteiger partial charge in [-0.3, -0.25) is 0 Å². The Morgan fingerprint density at radius 3 is 2.38 bits per heavy atom. The van der Waals surface area contributed by atoms with E-state index in [4.69, 9.17) is 5.26 Å².